The average Bonchev–Trinajstić information content (AvgIpc) is 3.32. The number of thiophene rings is 2. The van der Waals surface area contributed by atoms with E-state index in [4.69, 9.17) is 0 Å². The third-order valence-corrected chi connectivity index (χ3v) is 5.33. The van der Waals surface area contributed by atoms with Gasteiger partial charge in [0, 0.05) is 35.2 Å². The number of anilines is 2. The Bertz CT molecular complexity index is 453. The first-order valence-corrected chi connectivity index (χ1v) is 11.3. The molecule has 2 aromatic heterocycles. The lowest BCUT2D eigenvalue weighted by atomic mass is 10.2. The zero-order valence-corrected chi connectivity index (χ0v) is 16.7. The highest BCUT2D eigenvalue weighted by Crippen LogP contribution is 2.11. The molecule has 4 nitrogen and oxygen atoms in total. The van der Waals surface area contributed by atoms with Crippen LogP contribution in [0.2, 0.25) is 0 Å². The van der Waals surface area contributed by atoms with Crippen molar-refractivity contribution in [2.45, 2.75) is 32.1 Å². The molecule has 0 atom stereocenters. The second-order valence-corrected chi connectivity index (χ2v) is 7.71. The minimum absolute atomic E-state index is 1.05. The molecule has 2 aromatic rings. The third-order valence-electron chi connectivity index (χ3n) is 3.97. The van der Waals surface area contributed by atoms with Gasteiger partial charge in [0.15, 0.2) is 0 Å². The van der Waals surface area contributed by atoms with Crippen molar-refractivity contribution in [3.63, 3.8) is 0 Å². The molecule has 0 fully saturated rings. The molecule has 140 valence electrons. The van der Waals surface area contributed by atoms with Gasteiger partial charge in [0.2, 0.25) is 0 Å². The van der Waals surface area contributed by atoms with E-state index in [0.29, 0.717) is 0 Å². The van der Waals surface area contributed by atoms with Crippen LogP contribution < -0.4 is 21.3 Å². The molecular formula is C19H32N4S2. The van der Waals surface area contributed by atoms with Crippen molar-refractivity contribution in [3.05, 3.63) is 33.7 Å². The van der Waals surface area contributed by atoms with Gasteiger partial charge < -0.3 is 21.3 Å². The Hall–Kier alpha value is -1.08. The normalized spacial score (nSPS) is 10.9. The zero-order valence-electron chi connectivity index (χ0n) is 15.1. The van der Waals surface area contributed by atoms with Crippen LogP contribution in [-0.2, 0) is 0 Å². The van der Waals surface area contributed by atoms with Crippen LogP contribution in [0.25, 0.3) is 0 Å². The zero-order chi connectivity index (χ0) is 17.4. The summed E-state index contributed by atoms with van der Waals surface area (Å²) in [5, 5.41) is 22.5. The minimum Gasteiger partial charge on any atom is -0.384 e. The summed E-state index contributed by atoms with van der Waals surface area (Å²) in [6.45, 7) is 6.59. The summed E-state index contributed by atoms with van der Waals surface area (Å²) >= 11 is 3.48. The number of hydrogen-bond acceptors (Lipinski definition) is 6. The summed E-state index contributed by atoms with van der Waals surface area (Å²) in [5.41, 5.74) is 2.50. The maximum atomic E-state index is 3.53. The van der Waals surface area contributed by atoms with E-state index < -0.39 is 0 Å². The summed E-state index contributed by atoms with van der Waals surface area (Å²) in [5.74, 6) is 0. The fraction of sp³-hybridized carbons (Fsp3) is 0.579. The Balaban J connectivity index is 1.24. The molecule has 0 aliphatic carbocycles. The van der Waals surface area contributed by atoms with Crippen LogP contribution in [0.15, 0.2) is 33.7 Å². The van der Waals surface area contributed by atoms with Crippen LogP contribution in [0.1, 0.15) is 32.1 Å². The lowest BCUT2D eigenvalue weighted by Gasteiger charge is -2.07. The van der Waals surface area contributed by atoms with Crippen LogP contribution in [0.3, 0.4) is 0 Å². The molecule has 4 N–H and O–H groups in total. The van der Waals surface area contributed by atoms with Gasteiger partial charge in [-0.1, -0.05) is 6.42 Å². The van der Waals surface area contributed by atoms with Gasteiger partial charge in [-0.05, 0) is 74.8 Å². The Morgan fingerprint density at radius 1 is 0.560 bits per heavy atom. The SMILES string of the molecule is c1cc(NCCCNCCCCCNCCCNc2ccsc2)cs1. The van der Waals surface area contributed by atoms with E-state index in [2.05, 4.69) is 54.9 Å². The van der Waals surface area contributed by atoms with Crippen molar-refractivity contribution in [2.75, 3.05) is 49.9 Å². The van der Waals surface area contributed by atoms with Crippen LogP contribution in [0.5, 0.6) is 0 Å². The van der Waals surface area contributed by atoms with Gasteiger partial charge in [-0.25, -0.2) is 0 Å². The van der Waals surface area contributed by atoms with Gasteiger partial charge >= 0.3 is 0 Å². The topological polar surface area (TPSA) is 48.1 Å². The number of nitrogens with one attached hydrogen (secondary N) is 4. The van der Waals surface area contributed by atoms with Crippen molar-refractivity contribution in [1.29, 1.82) is 0 Å². The van der Waals surface area contributed by atoms with Gasteiger partial charge in [0.25, 0.3) is 0 Å². The van der Waals surface area contributed by atoms with Gasteiger partial charge in [-0.15, -0.1) is 0 Å². The molecule has 0 unspecified atom stereocenters. The number of rotatable bonds is 16. The molecule has 0 bridgehead atoms. The highest BCUT2D eigenvalue weighted by molar-refractivity contribution is 7.08. The van der Waals surface area contributed by atoms with Crippen molar-refractivity contribution in [3.8, 4) is 0 Å². The Labute approximate surface area is 160 Å². The molecule has 0 amide bonds. The summed E-state index contributed by atoms with van der Waals surface area (Å²) in [7, 11) is 0. The van der Waals surface area contributed by atoms with Crippen LogP contribution in [0.4, 0.5) is 11.4 Å². The van der Waals surface area contributed by atoms with Gasteiger partial charge in [-0.3, -0.25) is 0 Å². The van der Waals surface area contributed by atoms with Crippen LogP contribution in [0, 0.1) is 0 Å². The molecule has 2 heterocycles. The molecule has 0 aliphatic rings. The Kier molecular flexibility index (Phi) is 11.4. The van der Waals surface area contributed by atoms with E-state index in [1.54, 1.807) is 22.7 Å². The van der Waals surface area contributed by atoms with Crippen molar-refractivity contribution < 1.29 is 0 Å². The molecule has 0 aromatic carbocycles. The minimum atomic E-state index is 1.05. The molecule has 25 heavy (non-hydrogen) atoms. The standard InChI is InChI=1S/C19H32N4S2/c1(2-8-20-10-4-12-22-18-6-14-24-16-18)3-9-21-11-5-13-23-19-7-15-25-17-19/h6-7,14-17,20-23H,1-5,8-13H2. The molecule has 0 spiro atoms. The lowest BCUT2D eigenvalue weighted by Crippen LogP contribution is -2.21. The molecule has 0 saturated heterocycles. The first kappa shape index (κ1) is 20.2. The van der Waals surface area contributed by atoms with E-state index in [1.807, 2.05) is 0 Å². The first-order chi connectivity index (χ1) is 12.4. The summed E-state index contributed by atoms with van der Waals surface area (Å²) in [6, 6.07) is 4.26. The quantitative estimate of drug-likeness (QED) is 0.325. The summed E-state index contributed by atoms with van der Waals surface area (Å²) in [6.07, 6.45) is 6.21. The second-order valence-electron chi connectivity index (χ2n) is 6.15. The molecular weight excluding hydrogens is 348 g/mol. The first-order valence-electron chi connectivity index (χ1n) is 9.39. The lowest BCUT2D eigenvalue weighted by molar-refractivity contribution is 0.565. The highest BCUT2D eigenvalue weighted by Gasteiger charge is 1.94. The smallest absolute Gasteiger partial charge is 0.0448 e. The molecule has 6 heteroatoms. The number of hydrogen-bond donors (Lipinski definition) is 4. The monoisotopic (exact) mass is 380 g/mol. The van der Waals surface area contributed by atoms with E-state index >= 15 is 0 Å². The molecule has 0 aliphatic heterocycles. The maximum absolute atomic E-state index is 3.53. The van der Waals surface area contributed by atoms with E-state index in [-0.39, 0.29) is 0 Å². The van der Waals surface area contributed by atoms with Crippen LogP contribution in [-0.4, -0.2) is 39.3 Å². The number of unbranched alkanes of at least 4 members (excludes halogenated alkanes) is 2. The van der Waals surface area contributed by atoms with Crippen molar-refractivity contribution in [2.24, 2.45) is 0 Å². The highest BCUT2D eigenvalue weighted by atomic mass is 32.1. The van der Waals surface area contributed by atoms with E-state index in [1.165, 1.54) is 43.5 Å². The average molecular weight is 381 g/mol. The maximum Gasteiger partial charge on any atom is 0.0448 e. The summed E-state index contributed by atoms with van der Waals surface area (Å²) in [4.78, 5) is 0. The Morgan fingerprint density at radius 2 is 1.04 bits per heavy atom. The van der Waals surface area contributed by atoms with Gasteiger partial charge in [-0.2, -0.15) is 22.7 Å². The molecule has 0 saturated carbocycles. The predicted molar refractivity (Wildman–Crippen MR) is 114 cm³/mol. The van der Waals surface area contributed by atoms with Crippen molar-refractivity contribution >= 4 is 34.0 Å². The fourth-order valence-corrected chi connectivity index (χ4v) is 3.77. The Morgan fingerprint density at radius 3 is 1.48 bits per heavy atom. The van der Waals surface area contributed by atoms with E-state index in [9.17, 15) is 0 Å². The van der Waals surface area contributed by atoms with Crippen molar-refractivity contribution in [1.82, 2.24) is 10.6 Å². The molecule has 2 rings (SSSR count). The van der Waals surface area contributed by atoms with Gasteiger partial charge in [0.05, 0.1) is 0 Å². The largest absolute Gasteiger partial charge is 0.384 e. The van der Waals surface area contributed by atoms with E-state index in [0.717, 1.165) is 39.3 Å². The second kappa shape index (κ2) is 14.1. The van der Waals surface area contributed by atoms with Crippen LogP contribution >= 0.6 is 22.7 Å². The predicted octanol–water partition coefficient (Wildman–Crippen LogP) is 4.46. The molecule has 0 radical (unpaired) electrons. The van der Waals surface area contributed by atoms with Gasteiger partial charge in [0.1, 0.15) is 0 Å². The summed E-state index contributed by atoms with van der Waals surface area (Å²) < 4.78 is 0. The fourth-order valence-electron chi connectivity index (χ4n) is 2.55. The third kappa shape index (κ3) is 10.5.